The van der Waals surface area contributed by atoms with Crippen LogP contribution >= 0.6 is 0 Å². The molecule has 0 amide bonds. The van der Waals surface area contributed by atoms with Crippen molar-refractivity contribution in [1.82, 2.24) is 0 Å². The largest absolute Gasteiger partial charge is 0.477 e. The summed E-state index contributed by atoms with van der Waals surface area (Å²) in [4.78, 5) is 23.5. The average Bonchev–Trinajstić information content (AvgIpc) is 2.46. The normalized spacial score (nSPS) is 33.0. The van der Waals surface area contributed by atoms with Gasteiger partial charge in [-0.3, -0.25) is 4.79 Å². The fraction of sp³-hybridized carbons (Fsp3) is 0.765. The summed E-state index contributed by atoms with van der Waals surface area (Å²) in [6, 6.07) is 0. The molecule has 0 saturated heterocycles. The molecule has 0 aromatic carbocycles. The number of esters is 1. The van der Waals surface area contributed by atoms with Crippen molar-refractivity contribution < 1.29 is 28.2 Å². The molecule has 4 nitrogen and oxygen atoms in total. The predicted molar refractivity (Wildman–Crippen MR) is 77.9 cm³/mol. The van der Waals surface area contributed by atoms with Crippen LogP contribution in [0, 0.1) is 23.2 Å². The van der Waals surface area contributed by atoms with Gasteiger partial charge in [0.1, 0.15) is 0 Å². The maximum atomic E-state index is 13.9. The molecule has 23 heavy (non-hydrogen) atoms. The Hall–Kier alpha value is -1.46. The molecular weight excluding hydrogens is 306 g/mol. The van der Waals surface area contributed by atoms with Crippen molar-refractivity contribution >= 4 is 11.9 Å². The quantitative estimate of drug-likeness (QED) is 0.599. The summed E-state index contributed by atoms with van der Waals surface area (Å²) in [5.74, 6) is -6.38. The molecule has 1 N–H and O–H groups in total. The molecule has 0 radical (unpaired) electrons. The van der Waals surface area contributed by atoms with Gasteiger partial charge in [0, 0.05) is 0 Å². The van der Waals surface area contributed by atoms with Crippen LogP contribution < -0.4 is 0 Å². The highest BCUT2D eigenvalue weighted by Crippen LogP contribution is 2.63. The standard InChI is InChI=1S/C17H22F2O4/c1-9(2)5-13(17(18,19)14(20)21)23-15(22)16-4-3-12-10(7-16)6-11(12)8-16/h3,9-11,13H,4-8H2,1-2H3,(H,20,21). The van der Waals surface area contributed by atoms with E-state index in [9.17, 15) is 18.4 Å². The average molecular weight is 328 g/mol. The summed E-state index contributed by atoms with van der Waals surface area (Å²) >= 11 is 0. The van der Waals surface area contributed by atoms with Crippen LogP contribution in [-0.2, 0) is 14.3 Å². The second kappa shape index (κ2) is 5.28. The van der Waals surface area contributed by atoms with Gasteiger partial charge in [0.15, 0.2) is 6.10 Å². The molecule has 5 aliphatic rings. The predicted octanol–water partition coefficient (Wildman–Crippen LogP) is 3.41. The first kappa shape index (κ1) is 16.4. The SMILES string of the molecule is CC(C)CC(OC(=O)C12CC=C3C(CC3C1)C2)C(F)(F)C(=O)O. The highest BCUT2D eigenvalue weighted by Gasteiger charge is 2.59. The number of fused-ring (bicyclic) bond motifs is 1. The van der Waals surface area contributed by atoms with E-state index in [1.165, 1.54) is 5.57 Å². The Morgan fingerprint density at radius 1 is 1.39 bits per heavy atom. The first-order valence-electron chi connectivity index (χ1n) is 8.18. The fourth-order valence-electron chi connectivity index (χ4n) is 4.37. The number of carbonyl (C=O) groups excluding carboxylic acids is 1. The van der Waals surface area contributed by atoms with Crippen LogP contribution in [0.15, 0.2) is 11.6 Å². The number of hydrogen-bond acceptors (Lipinski definition) is 3. The molecule has 0 heterocycles. The van der Waals surface area contributed by atoms with Crippen molar-refractivity contribution in [3.63, 3.8) is 0 Å². The lowest BCUT2D eigenvalue weighted by Crippen LogP contribution is -2.53. The van der Waals surface area contributed by atoms with E-state index in [-0.39, 0.29) is 12.3 Å². The summed E-state index contributed by atoms with van der Waals surface area (Å²) in [5.41, 5.74) is 0.688. The number of hydrogen-bond donors (Lipinski definition) is 1. The minimum Gasteiger partial charge on any atom is -0.477 e. The molecule has 5 aliphatic carbocycles. The number of alkyl halides is 2. The monoisotopic (exact) mass is 328 g/mol. The number of rotatable bonds is 6. The van der Waals surface area contributed by atoms with Gasteiger partial charge in [-0.2, -0.15) is 8.78 Å². The summed E-state index contributed by atoms with van der Waals surface area (Å²) in [6.45, 7) is 3.39. The zero-order valence-electron chi connectivity index (χ0n) is 13.4. The smallest absolute Gasteiger partial charge is 0.378 e. The fourth-order valence-corrected chi connectivity index (χ4v) is 4.37. The van der Waals surface area contributed by atoms with Crippen molar-refractivity contribution in [1.29, 1.82) is 0 Å². The van der Waals surface area contributed by atoms with Crippen LogP contribution in [-0.4, -0.2) is 29.1 Å². The van der Waals surface area contributed by atoms with Crippen LogP contribution in [0.25, 0.3) is 0 Å². The van der Waals surface area contributed by atoms with E-state index in [1.807, 2.05) is 0 Å². The van der Waals surface area contributed by atoms with Crippen LogP contribution in [0.1, 0.15) is 46.0 Å². The number of halogens is 2. The minimum absolute atomic E-state index is 0.172. The molecule has 0 aromatic heterocycles. The van der Waals surface area contributed by atoms with E-state index < -0.39 is 29.4 Å². The summed E-state index contributed by atoms with van der Waals surface area (Å²) in [7, 11) is 0. The van der Waals surface area contributed by atoms with Gasteiger partial charge < -0.3 is 9.84 Å². The number of ether oxygens (including phenoxy) is 1. The second-order valence-corrected chi connectivity index (χ2v) is 7.68. The van der Waals surface area contributed by atoms with Crippen LogP contribution in [0.2, 0.25) is 0 Å². The van der Waals surface area contributed by atoms with Gasteiger partial charge in [-0.15, -0.1) is 0 Å². The molecule has 0 spiro atoms. The van der Waals surface area contributed by atoms with Gasteiger partial charge in [-0.05, 0) is 49.9 Å². The van der Waals surface area contributed by atoms with Gasteiger partial charge >= 0.3 is 17.9 Å². The zero-order valence-corrected chi connectivity index (χ0v) is 13.4. The van der Waals surface area contributed by atoms with Gasteiger partial charge in [-0.25, -0.2) is 4.79 Å². The first-order valence-corrected chi connectivity index (χ1v) is 8.18. The molecule has 3 atom stereocenters. The third-order valence-electron chi connectivity index (χ3n) is 5.57. The van der Waals surface area contributed by atoms with Crippen molar-refractivity contribution in [2.24, 2.45) is 23.2 Å². The lowest BCUT2D eigenvalue weighted by molar-refractivity contribution is -0.203. The summed E-state index contributed by atoms with van der Waals surface area (Å²) in [5, 5.41) is 8.78. The lowest BCUT2D eigenvalue weighted by atomic mass is 9.48. The van der Waals surface area contributed by atoms with Gasteiger partial charge in [0.05, 0.1) is 5.41 Å². The van der Waals surface area contributed by atoms with Crippen LogP contribution in [0.5, 0.6) is 0 Å². The first-order chi connectivity index (χ1) is 10.7. The maximum Gasteiger partial charge on any atom is 0.378 e. The summed E-state index contributed by atoms with van der Waals surface area (Å²) in [6.07, 6.45) is 2.88. The Morgan fingerprint density at radius 3 is 2.48 bits per heavy atom. The highest BCUT2D eigenvalue weighted by atomic mass is 19.3. The Kier molecular flexibility index (Phi) is 3.76. The maximum absolute atomic E-state index is 13.9. The van der Waals surface area contributed by atoms with Gasteiger partial charge in [0.25, 0.3) is 0 Å². The third kappa shape index (κ3) is 2.56. The molecular formula is C17H22F2O4. The van der Waals surface area contributed by atoms with Gasteiger partial charge in [0.2, 0.25) is 0 Å². The van der Waals surface area contributed by atoms with E-state index >= 15 is 0 Å². The number of aliphatic carboxylic acids is 1. The number of carbonyl (C=O) groups is 2. The molecule has 128 valence electrons. The van der Waals surface area contributed by atoms with Crippen LogP contribution in [0.4, 0.5) is 8.78 Å². The van der Waals surface area contributed by atoms with Crippen molar-refractivity contribution in [3.05, 3.63) is 11.6 Å². The third-order valence-corrected chi connectivity index (χ3v) is 5.57. The number of carboxylic acid groups (broad SMARTS) is 1. The summed E-state index contributed by atoms with van der Waals surface area (Å²) < 4.78 is 33.0. The molecule has 0 aliphatic heterocycles. The van der Waals surface area contributed by atoms with Gasteiger partial charge in [-0.1, -0.05) is 25.5 Å². The van der Waals surface area contributed by atoms with E-state index in [0.29, 0.717) is 31.1 Å². The lowest BCUT2D eigenvalue weighted by Gasteiger charge is -2.56. The van der Waals surface area contributed by atoms with Crippen molar-refractivity contribution in [2.45, 2.75) is 58.0 Å². The van der Waals surface area contributed by atoms with E-state index in [4.69, 9.17) is 9.84 Å². The molecule has 3 fully saturated rings. The zero-order chi connectivity index (χ0) is 17.0. The number of allylic oxidation sites excluding steroid dienone is 2. The molecule has 0 aromatic rings. The number of carboxylic acids is 1. The van der Waals surface area contributed by atoms with Crippen molar-refractivity contribution in [3.8, 4) is 0 Å². The Balaban J connectivity index is 1.76. The molecule has 4 bridgehead atoms. The van der Waals surface area contributed by atoms with Crippen molar-refractivity contribution in [2.75, 3.05) is 0 Å². The second-order valence-electron chi connectivity index (χ2n) is 7.68. The minimum atomic E-state index is -4.07. The Bertz CT molecular complexity index is 553. The highest BCUT2D eigenvalue weighted by molar-refractivity contribution is 5.81. The molecule has 5 rings (SSSR count). The van der Waals surface area contributed by atoms with E-state index in [2.05, 4.69) is 6.08 Å². The Labute approximate surface area is 133 Å². The van der Waals surface area contributed by atoms with E-state index in [0.717, 1.165) is 6.42 Å². The molecule has 3 saturated carbocycles. The van der Waals surface area contributed by atoms with E-state index in [1.54, 1.807) is 13.8 Å². The molecule has 3 unspecified atom stereocenters. The Morgan fingerprint density at radius 2 is 2.00 bits per heavy atom. The topological polar surface area (TPSA) is 63.6 Å². The molecule has 6 heteroatoms. The van der Waals surface area contributed by atoms with Crippen LogP contribution in [0.3, 0.4) is 0 Å².